The lowest BCUT2D eigenvalue weighted by molar-refractivity contribution is 0.0943. The normalized spacial score (nSPS) is 13.5. The van der Waals surface area contributed by atoms with Gasteiger partial charge in [-0.25, -0.2) is 4.98 Å². The van der Waals surface area contributed by atoms with Gasteiger partial charge in [-0.05, 0) is 25.9 Å². The van der Waals surface area contributed by atoms with Crippen molar-refractivity contribution in [3.05, 3.63) is 16.1 Å². The lowest BCUT2D eigenvalue weighted by atomic mass is 10.4. The highest BCUT2D eigenvalue weighted by Crippen LogP contribution is 2.25. The Hall–Kier alpha value is -0.400. The van der Waals surface area contributed by atoms with Crippen LogP contribution in [0.2, 0.25) is 0 Å². The first-order valence-corrected chi connectivity index (χ1v) is 7.79. The van der Waals surface area contributed by atoms with Crippen LogP contribution in [0.3, 0.4) is 0 Å². The van der Waals surface area contributed by atoms with Crippen molar-refractivity contribution in [3.63, 3.8) is 0 Å². The SMILES string of the molecule is CCN(CCNC(=O)c1csc(CCN)n1)C1CC1.Cl.Cl. The molecule has 0 aromatic carbocycles. The average molecular weight is 355 g/mol. The summed E-state index contributed by atoms with van der Waals surface area (Å²) >= 11 is 1.50. The number of carbonyl (C=O) groups excluding carboxylic acids is 1. The summed E-state index contributed by atoms with van der Waals surface area (Å²) in [7, 11) is 0. The second kappa shape index (κ2) is 10.3. The Bertz CT molecular complexity index is 426. The Morgan fingerprint density at radius 1 is 1.52 bits per heavy atom. The number of carbonyl (C=O) groups is 1. The molecule has 1 amide bonds. The zero-order valence-electron chi connectivity index (χ0n) is 12.2. The maximum atomic E-state index is 11.9. The van der Waals surface area contributed by atoms with E-state index in [9.17, 15) is 4.79 Å². The standard InChI is InChI=1S/C13H22N4OS.2ClH/c1-2-17(10-3-4-10)8-7-15-13(18)11-9-19-12(16-11)5-6-14;;/h9-10H,2-8,14H2,1H3,(H,15,18);2*1H. The molecule has 0 spiro atoms. The lowest BCUT2D eigenvalue weighted by Gasteiger charge is -2.19. The summed E-state index contributed by atoms with van der Waals surface area (Å²) < 4.78 is 0. The minimum atomic E-state index is -0.0774. The number of nitrogens with one attached hydrogen (secondary N) is 1. The Kier molecular flexibility index (Phi) is 10.1. The third-order valence-electron chi connectivity index (χ3n) is 3.30. The van der Waals surface area contributed by atoms with Crippen LogP contribution in [0.4, 0.5) is 0 Å². The first kappa shape index (κ1) is 20.6. The molecule has 1 aromatic heterocycles. The van der Waals surface area contributed by atoms with E-state index in [0.717, 1.165) is 30.6 Å². The molecule has 3 N–H and O–H groups in total. The summed E-state index contributed by atoms with van der Waals surface area (Å²) in [5.74, 6) is -0.0774. The van der Waals surface area contributed by atoms with Crippen LogP contribution in [0, 0.1) is 0 Å². The van der Waals surface area contributed by atoms with Gasteiger partial charge in [0, 0.05) is 30.9 Å². The summed E-state index contributed by atoms with van der Waals surface area (Å²) in [5, 5.41) is 5.67. The van der Waals surface area contributed by atoms with E-state index in [1.165, 1.54) is 24.2 Å². The van der Waals surface area contributed by atoms with E-state index in [2.05, 4.69) is 22.1 Å². The molecule has 0 bridgehead atoms. The molecule has 2 rings (SSSR count). The quantitative estimate of drug-likeness (QED) is 0.745. The molecule has 5 nitrogen and oxygen atoms in total. The van der Waals surface area contributed by atoms with E-state index in [4.69, 9.17) is 5.73 Å². The predicted octanol–water partition coefficient (Wildman–Crippen LogP) is 1.70. The van der Waals surface area contributed by atoms with Gasteiger partial charge in [-0.3, -0.25) is 9.69 Å². The average Bonchev–Trinajstić information content (AvgIpc) is 3.14. The van der Waals surface area contributed by atoms with Crippen LogP contribution in [0.15, 0.2) is 5.38 Å². The van der Waals surface area contributed by atoms with Crippen LogP contribution in [-0.4, -0.2) is 48.0 Å². The minimum Gasteiger partial charge on any atom is -0.349 e. The van der Waals surface area contributed by atoms with Gasteiger partial charge in [-0.2, -0.15) is 0 Å². The van der Waals surface area contributed by atoms with Crippen LogP contribution >= 0.6 is 36.2 Å². The molecular weight excluding hydrogens is 331 g/mol. The lowest BCUT2D eigenvalue weighted by Crippen LogP contribution is -2.36. The van der Waals surface area contributed by atoms with Crippen molar-refractivity contribution >= 4 is 42.1 Å². The van der Waals surface area contributed by atoms with Crippen LogP contribution in [-0.2, 0) is 6.42 Å². The highest BCUT2D eigenvalue weighted by Gasteiger charge is 2.27. The smallest absolute Gasteiger partial charge is 0.270 e. The van der Waals surface area contributed by atoms with Gasteiger partial charge in [0.1, 0.15) is 5.69 Å². The van der Waals surface area contributed by atoms with Gasteiger partial charge in [0.15, 0.2) is 0 Å². The van der Waals surface area contributed by atoms with E-state index in [0.29, 0.717) is 18.8 Å². The molecular formula is C13H24Cl2N4OS. The first-order chi connectivity index (χ1) is 9.24. The van der Waals surface area contributed by atoms with Gasteiger partial charge < -0.3 is 11.1 Å². The summed E-state index contributed by atoms with van der Waals surface area (Å²) in [4.78, 5) is 18.6. The van der Waals surface area contributed by atoms with E-state index < -0.39 is 0 Å². The topological polar surface area (TPSA) is 71.2 Å². The number of thiazole rings is 1. The van der Waals surface area contributed by atoms with E-state index >= 15 is 0 Å². The van der Waals surface area contributed by atoms with Gasteiger partial charge in [-0.1, -0.05) is 6.92 Å². The first-order valence-electron chi connectivity index (χ1n) is 6.91. The van der Waals surface area contributed by atoms with E-state index in [-0.39, 0.29) is 30.7 Å². The Labute approximate surface area is 142 Å². The molecule has 1 fully saturated rings. The van der Waals surface area contributed by atoms with Crippen molar-refractivity contribution in [1.82, 2.24) is 15.2 Å². The maximum absolute atomic E-state index is 11.9. The fourth-order valence-corrected chi connectivity index (χ4v) is 2.89. The van der Waals surface area contributed by atoms with Crippen molar-refractivity contribution in [2.24, 2.45) is 5.73 Å². The Balaban J connectivity index is 0.00000200. The molecule has 0 saturated heterocycles. The summed E-state index contributed by atoms with van der Waals surface area (Å²) in [6, 6.07) is 0.748. The molecule has 1 saturated carbocycles. The number of likely N-dealkylation sites (N-methyl/N-ethyl adjacent to an activating group) is 1. The van der Waals surface area contributed by atoms with Crippen LogP contribution in [0.1, 0.15) is 35.3 Å². The molecule has 1 aliphatic rings. The van der Waals surface area contributed by atoms with Gasteiger partial charge >= 0.3 is 0 Å². The molecule has 8 heteroatoms. The zero-order chi connectivity index (χ0) is 13.7. The molecule has 122 valence electrons. The summed E-state index contributed by atoms with van der Waals surface area (Å²) in [5.41, 5.74) is 5.99. The van der Waals surface area contributed by atoms with Crippen molar-refractivity contribution < 1.29 is 4.79 Å². The molecule has 0 aliphatic heterocycles. The molecule has 1 aliphatic carbocycles. The fraction of sp³-hybridized carbons (Fsp3) is 0.692. The summed E-state index contributed by atoms with van der Waals surface area (Å²) in [6.07, 6.45) is 3.34. The highest BCUT2D eigenvalue weighted by atomic mass is 35.5. The zero-order valence-corrected chi connectivity index (χ0v) is 14.7. The molecule has 21 heavy (non-hydrogen) atoms. The second-order valence-corrected chi connectivity index (χ2v) is 5.72. The minimum absolute atomic E-state index is 0. The maximum Gasteiger partial charge on any atom is 0.270 e. The third kappa shape index (κ3) is 6.48. The van der Waals surface area contributed by atoms with Crippen molar-refractivity contribution in [1.29, 1.82) is 0 Å². The number of hydrogen-bond donors (Lipinski definition) is 2. The predicted molar refractivity (Wildman–Crippen MR) is 92.0 cm³/mol. The van der Waals surface area contributed by atoms with Gasteiger partial charge in [-0.15, -0.1) is 36.2 Å². The van der Waals surface area contributed by atoms with Crippen LogP contribution in [0.25, 0.3) is 0 Å². The molecule has 1 aromatic rings. The van der Waals surface area contributed by atoms with Crippen molar-refractivity contribution in [2.75, 3.05) is 26.2 Å². The number of halogens is 2. The van der Waals surface area contributed by atoms with Crippen molar-refractivity contribution in [2.45, 2.75) is 32.2 Å². The number of amides is 1. The Morgan fingerprint density at radius 3 is 2.81 bits per heavy atom. The molecule has 0 atom stereocenters. The highest BCUT2D eigenvalue weighted by molar-refractivity contribution is 7.09. The summed E-state index contributed by atoms with van der Waals surface area (Å²) in [6.45, 7) is 5.40. The molecule has 1 heterocycles. The number of rotatable bonds is 8. The Morgan fingerprint density at radius 2 is 2.24 bits per heavy atom. The number of nitrogens with two attached hydrogens (primary N) is 1. The fourth-order valence-electron chi connectivity index (χ4n) is 2.10. The number of aromatic nitrogens is 1. The molecule has 0 unspecified atom stereocenters. The van der Waals surface area contributed by atoms with Gasteiger partial charge in [0.05, 0.1) is 5.01 Å². The third-order valence-corrected chi connectivity index (χ3v) is 4.21. The van der Waals surface area contributed by atoms with E-state index in [1.807, 2.05) is 0 Å². The van der Waals surface area contributed by atoms with Crippen LogP contribution in [0.5, 0.6) is 0 Å². The number of hydrogen-bond acceptors (Lipinski definition) is 5. The molecule has 0 radical (unpaired) electrons. The van der Waals surface area contributed by atoms with Gasteiger partial charge in [0.2, 0.25) is 0 Å². The second-order valence-electron chi connectivity index (χ2n) is 4.78. The van der Waals surface area contributed by atoms with E-state index in [1.54, 1.807) is 5.38 Å². The van der Waals surface area contributed by atoms with Crippen LogP contribution < -0.4 is 11.1 Å². The largest absolute Gasteiger partial charge is 0.349 e. The van der Waals surface area contributed by atoms with Gasteiger partial charge in [0.25, 0.3) is 5.91 Å². The monoisotopic (exact) mass is 354 g/mol. The number of nitrogens with zero attached hydrogens (tertiary/aromatic N) is 2. The van der Waals surface area contributed by atoms with Crippen molar-refractivity contribution in [3.8, 4) is 0 Å².